The molecule has 180 valence electrons. The van der Waals surface area contributed by atoms with E-state index in [1.165, 1.54) is 0 Å². The average molecular weight is 472 g/mol. The molecule has 1 N–H and O–H groups in total. The van der Waals surface area contributed by atoms with Crippen molar-refractivity contribution in [3.63, 3.8) is 0 Å². The summed E-state index contributed by atoms with van der Waals surface area (Å²) >= 11 is 0. The molecular weight excluding hydrogens is 442 g/mol. The molecule has 0 spiro atoms. The van der Waals surface area contributed by atoms with Crippen LogP contribution in [0.3, 0.4) is 0 Å². The van der Waals surface area contributed by atoms with Crippen LogP contribution in [0.1, 0.15) is 36.0 Å². The first-order valence-electron chi connectivity index (χ1n) is 12.1. The first kappa shape index (κ1) is 22.9. The summed E-state index contributed by atoms with van der Waals surface area (Å²) in [6.07, 6.45) is 2.95. The molecule has 3 aromatic rings. The number of hydrogen-bond donors (Lipinski definition) is 1. The fourth-order valence-corrected chi connectivity index (χ4v) is 4.89. The van der Waals surface area contributed by atoms with Crippen molar-refractivity contribution in [2.75, 3.05) is 36.5 Å². The first-order valence-corrected chi connectivity index (χ1v) is 12.1. The second-order valence-corrected chi connectivity index (χ2v) is 9.23. The van der Waals surface area contributed by atoms with E-state index < -0.39 is 0 Å². The van der Waals surface area contributed by atoms with Crippen LogP contribution in [0.2, 0.25) is 0 Å². The number of ether oxygens (including phenoxy) is 1. The predicted molar refractivity (Wildman–Crippen MR) is 136 cm³/mol. The maximum absolute atomic E-state index is 12.7. The molecule has 35 heavy (non-hydrogen) atoms. The highest BCUT2D eigenvalue weighted by Crippen LogP contribution is 2.28. The average Bonchev–Trinajstić information content (AvgIpc) is 3.27. The third-order valence-corrected chi connectivity index (χ3v) is 6.86. The zero-order valence-corrected chi connectivity index (χ0v) is 19.8. The van der Waals surface area contributed by atoms with Crippen molar-refractivity contribution in [3.05, 3.63) is 66.2 Å². The third-order valence-electron chi connectivity index (χ3n) is 6.86. The molecule has 0 bridgehead atoms. The molecule has 2 heterocycles. The molecule has 3 amide bonds. The van der Waals surface area contributed by atoms with Gasteiger partial charge in [0.25, 0.3) is 5.91 Å². The van der Waals surface area contributed by atoms with Crippen LogP contribution in [-0.2, 0) is 9.59 Å². The lowest BCUT2D eigenvalue weighted by Crippen LogP contribution is -2.35. The van der Waals surface area contributed by atoms with Crippen LogP contribution in [-0.4, -0.2) is 44.5 Å². The van der Waals surface area contributed by atoms with Crippen LogP contribution in [0.5, 0.6) is 5.75 Å². The molecule has 2 aliphatic rings. The number of carbonyl (C=O) groups is 3. The number of benzene rings is 3. The van der Waals surface area contributed by atoms with E-state index >= 15 is 0 Å². The van der Waals surface area contributed by atoms with E-state index in [0.717, 1.165) is 47.3 Å². The quantitative estimate of drug-likeness (QED) is 0.586. The Kier molecular flexibility index (Phi) is 6.40. The lowest BCUT2D eigenvalue weighted by atomic mass is 10.1. The van der Waals surface area contributed by atoms with Gasteiger partial charge in [0.05, 0.1) is 7.11 Å². The summed E-state index contributed by atoms with van der Waals surface area (Å²) in [6.45, 7) is 1.73. The van der Waals surface area contributed by atoms with Gasteiger partial charge in [-0.1, -0.05) is 12.1 Å². The van der Waals surface area contributed by atoms with Crippen molar-refractivity contribution in [2.45, 2.75) is 25.7 Å². The van der Waals surface area contributed by atoms with Gasteiger partial charge in [0.15, 0.2) is 0 Å². The fraction of sp³-hybridized carbons (Fsp3) is 0.321. The van der Waals surface area contributed by atoms with E-state index in [9.17, 15) is 14.4 Å². The van der Waals surface area contributed by atoms with Crippen LogP contribution in [0.25, 0.3) is 10.8 Å². The monoisotopic (exact) mass is 471 g/mol. The fourth-order valence-electron chi connectivity index (χ4n) is 4.89. The molecule has 2 saturated heterocycles. The van der Waals surface area contributed by atoms with Crippen molar-refractivity contribution in [1.82, 2.24) is 5.32 Å². The number of fused-ring (bicyclic) bond motifs is 1. The molecule has 0 radical (unpaired) electrons. The maximum Gasteiger partial charge on any atom is 0.251 e. The van der Waals surface area contributed by atoms with Crippen molar-refractivity contribution < 1.29 is 19.1 Å². The second kappa shape index (κ2) is 9.78. The Bertz CT molecular complexity index is 1270. The number of piperidine rings is 1. The summed E-state index contributed by atoms with van der Waals surface area (Å²) in [5, 5.41) is 4.97. The zero-order chi connectivity index (χ0) is 24.4. The van der Waals surface area contributed by atoms with Crippen LogP contribution >= 0.6 is 0 Å². The van der Waals surface area contributed by atoms with Gasteiger partial charge in [-0.15, -0.1) is 0 Å². The Morgan fingerprint density at radius 2 is 1.63 bits per heavy atom. The molecule has 2 aliphatic heterocycles. The van der Waals surface area contributed by atoms with Crippen LogP contribution < -0.4 is 19.9 Å². The van der Waals surface area contributed by atoms with Gasteiger partial charge in [0.1, 0.15) is 5.75 Å². The number of anilines is 2. The molecule has 2 fully saturated rings. The zero-order valence-electron chi connectivity index (χ0n) is 19.8. The minimum absolute atomic E-state index is 0.0412. The Hall–Kier alpha value is -3.87. The summed E-state index contributed by atoms with van der Waals surface area (Å²) in [5.41, 5.74) is 2.29. The minimum atomic E-state index is -0.149. The van der Waals surface area contributed by atoms with E-state index in [2.05, 4.69) is 5.32 Å². The van der Waals surface area contributed by atoms with Crippen molar-refractivity contribution in [1.29, 1.82) is 0 Å². The molecular formula is C28H29N3O4. The summed E-state index contributed by atoms with van der Waals surface area (Å²) in [4.78, 5) is 41.2. The maximum atomic E-state index is 12.7. The molecule has 0 saturated carbocycles. The number of rotatable bonds is 6. The van der Waals surface area contributed by atoms with Crippen molar-refractivity contribution >= 4 is 39.9 Å². The summed E-state index contributed by atoms with van der Waals surface area (Å²) < 4.78 is 5.26. The van der Waals surface area contributed by atoms with Crippen LogP contribution in [0.4, 0.5) is 11.4 Å². The molecule has 1 unspecified atom stereocenters. The topological polar surface area (TPSA) is 79.0 Å². The lowest BCUT2D eigenvalue weighted by Gasteiger charge is -2.27. The highest BCUT2D eigenvalue weighted by atomic mass is 16.5. The van der Waals surface area contributed by atoms with Gasteiger partial charge in [-0.05, 0) is 72.1 Å². The van der Waals surface area contributed by atoms with E-state index in [1.807, 2.05) is 59.5 Å². The van der Waals surface area contributed by atoms with E-state index in [-0.39, 0.29) is 23.6 Å². The van der Waals surface area contributed by atoms with Gasteiger partial charge >= 0.3 is 0 Å². The Morgan fingerprint density at radius 1 is 0.914 bits per heavy atom. The summed E-state index contributed by atoms with van der Waals surface area (Å²) in [6, 6.07) is 19.0. The SMILES string of the molecule is COc1ccc2cc(C(=O)NCC3CC(=O)N(c4ccc(N5CCCCC5=O)cc4)C3)ccc2c1. The molecule has 0 aromatic heterocycles. The number of hydrogen-bond acceptors (Lipinski definition) is 4. The molecule has 1 atom stereocenters. The van der Waals surface area contributed by atoms with Gasteiger partial charge in [-0.2, -0.15) is 0 Å². The van der Waals surface area contributed by atoms with Crippen molar-refractivity contribution in [2.24, 2.45) is 5.92 Å². The summed E-state index contributed by atoms with van der Waals surface area (Å²) in [5.74, 6) is 0.873. The van der Waals surface area contributed by atoms with Gasteiger partial charge in [0, 0.05) is 55.3 Å². The molecule has 7 nitrogen and oxygen atoms in total. The summed E-state index contributed by atoms with van der Waals surface area (Å²) in [7, 11) is 1.63. The van der Waals surface area contributed by atoms with Gasteiger partial charge in [0.2, 0.25) is 11.8 Å². The van der Waals surface area contributed by atoms with Gasteiger partial charge in [-0.3, -0.25) is 14.4 Å². The minimum Gasteiger partial charge on any atom is -0.497 e. The van der Waals surface area contributed by atoms with E-state index in [0.29, 0.717) is 31.5 Å². The molecule has 3 aromatic carbocycles. The largest absolute Gasteiger partial charge is 0.497 e. The Labute approximate surface area is 204 Å². The van der Waals surface area contributed by atoms with Gasteiger partial charge in [-0.25, -0.2) is 0 Å². The van der Waals surface area contributed by atoms with Gasteiger partial charge < -0.3 is 19.9 Å². The highest BCUT2D eigenvalue weighted by molar-refractivity contribution is 5.99. The highest BCUT2D eigenvalue weighted by Gasteiger charge is 2.31. The first-order chi connectivity index (χ1) is 17.0. The van der Waals surface area contributed by atoms with Crippen molar-refractivity contribution in [3.8, 4) is 5.75 Å². The number of amides is 3. The number of methoxy groups -OCH3 is 1. The Balaban J connectivity index is 1.19. The number of carbonyl (C=O) groups excluding carboxylic acids is 3. The second-order valence-electron chi connectivity index (χ2n) is 9.23. The Morgan fingerprint density at radius 3 is 2.37 bits per heavy atom. The normalized spacial score (nSPS) is 18.3. The lowest BCUT2D eigenvalue weighted by molar-refractivity contribution is -0.119. The number of nitrogens with one attached hydrogen (secondary N) is 1. The van der Waals surface area contributed by atoms with Crippen LogP contribution in [0, 0.1) is 5.92 Å². The van der Waals surface area contributed by atoms with Crippen LogP contribution in [0.15, 0.2) is 60.7 Å². The molecule has 5 rings (SSSR count). The smallest absolute Gasteiger partial charge is 0.251 e. The standard InChI is InChI=1S/C28H29N3O4/c1-35-25-12-7-20-15-22(6-5-21(20)16-25)28(34)29-17-19-14-27(33)31(18-19)24-10-8-23(9-11-24)30-13-3-2-4-26(30)32/h5-12,15-16,19H,2-4,13-14,17-18H2,1H3,(H,29,34). The van der Waals surface area contributed by atoms with E-state index in [4.69, 9.17) is 4.74 Å². The number of nitrogens with zero attached hydrogens (tertiary/aromatic N) is 2. The third kappa shape index (κ3) is 4.85. The van der Waals surface area contributed by atoms with E-state index in [1.54, 1.807) is 18.1 Å². The molecule has 7 heteroatoms. The molecule has 0 aliphatic carbocycles. The predicted octanol–water partition coefficient (Wildman–Crippen LogP) is 4.15.